The van der Waals surface area contributed by atoms with Gasteiger partial charge in [0.05, 0.1) is 6.61 Å². The van der Waals surface area contributed by atoms with Gasteiger partial charge in [0.15, 0.2) is 6.23 Å². The van der Waals surface area contributed by atoms with Gasteiger partial charge in [0.25, 0.3) is 0 Å². The summed E-state index contributed by atoms with van der Waals surface area (Å²) < 4.78 is 5.15. The fourth-order valence-electron chi connectivity index (χ4n) is 1.90. The van der Waals surface area contributed by atoms with Gasteiger partial charge in [-0.2, -0.15) is 5.01 Å². The van der Waals surface area contributed by atoms with Gasteiger partial charge in [-0.1, -0.05) is 0 Å². The lowest BCUT2D eigenvalue weighted by Gasteiger charge is -2.44. The van der Waals surface area contributed by atoms with Crippen LogP contribution < -0.4 is 10.7 Å². The van der Waals surface area contributed by atoms with Crippen molar-refractivity contribution in [1.82, 2.24) is 15.8 Å². The number of nitrogens with one attached hydrogen (secondary N) is 2. The maximum Gasteiger partial charge on any atom is 0.336 e. The van der Waals surface area contributed by atoms with Gasteiger partial charge >= 0.3 is 6.03 Å². The Morgan fingerprint density at radius 1 is 1.28 bits per heavy atom. The number of imide groups is 1. The summed E-state index contributed by atoms with van der Waals surface area (Å²) in [6, 6.07) is -1.51. The van der Waals surface area contributed by atoms with Crippen LogP contribution in [0.5, 0.6) is 0 Å². The Balaban J connectivity index is 2.14. The average Bonchev–Trinajstić information content (AvgIpc) is 2.31. The molecule has 0 radical (unpaired) electrons. The molecule has 0 aromatic rings. The van der Waals surface area contributed by atoms with E-state index in [9.17, 15) is 24.9 Å². The van der Waals surface area contributed by atoms with Gasteiger partial charge in [-0.15, -0.1) is 0 Å². The molecule has 0 aromatic heterocycles. The number of carbonyl (C=O) groups excluding carboxylic acids is 2. The average molecular weight is 261 g/mol. The number of hydrazine groups is 1. The maximum absolute atomic E-state index is 11.4. The van der Waals surface area contributed by atoms with E-state index in [2.05, 4.69) is 10.7 Å². The first-order valence-electron chi connectivity index (χ1n) is 5.47. The van der Waals surface area contributed by atoms with E-state index in [4.69, 9.17) is 4.74 Å². The highest BCUT2D eigenvalue weighted by molar-refractivity contribution is 5.98. The van der Waals surface area contributed by atoms with Gasteiger partial charge in [0, 0.05) is 0 Å². The van der Waals surface area contributed by atoms with Crippen molar-refractivity contribution in [2.75, 3.05) is 6.61 Å². The van der Waals surface area contributed by atoms with Crippen molar-refractivity contribution in [3.05, 3.63) is 0 Å². The Bertz CT molecular complexity index is 364. The molecule has 0 aromatic carbocycles. The zero-order valence-corrected chi connectivity index (χ0v) is 9.61. The molecular weight excluding hydrogens is 246 g/mol. The summed E-state index contributed by atoms with van der Waals surface area (Å²) in [6.07, 6.45) is -5.16. The van der Waals surface area contributed by atoms with Gasteiger partial charge < -0.3 is 20.1 Å². The molecule has 2 heterocycles. The van der Waals surface area contributed by atoms with E-state index in [1.54, 1.807) is 0 Å². The van der Waals surface area contributed by atoms with Gasteiger partial charge in [-0.3, -0.25) is 15.5 Å². The number of nitrogens with zero attached hydrogens (tertiary/aromatic N) is 1. The smallest absolute Gasteiger partial charge is 0.336 e. The molecule has 102 valence electrons. The molecule has 2 fully saturated rings. The fourth-order valence-corrected chi connectivity index (χ4v) is 1.90. The van der Waals surface area contributed by atoms with Gasteiger partial charge in [0.2, 0.25) is 5.91 Å². The van der Waals surface area contributed by atoms with Crippen LogP contribution in [0.15, 0.2) is 0 Å². The third-order valence-electron chi connectivity index (χ3n) is 3.01. The first-order chi connectivity index (χ1) is 8.41. The SMILES string of the molecule is C[C@H]1C(=O)NC(=O)NN1[C@@H]1OC[C@@H](O)[C@@H](O)[C@H]1O. The minimum absolute atomic E-state index is 0.205. The van der Waals surface area contributed by atoms with Crippen molar-refractivity contribution in [2.24, 2.45) is 0 Å². The van der Waals surface area contributed by atoms with Crippen LogP contribution in [0.25, 0.3) is 0 Å². The van der Waals surface area contributed by atoms with E-state index in [1.807, 2.05) is 0 Å². The number of urea groups is 1. The lowest BCUT2D eigenvalue weighted by molar-refractivity contribution is -0.241. The van der Waals surface area contributed by atoms with E-state index < -0.39 is 42.5 Å². The molecule has 0 saturated carbocycles. The molecule has 2 saturated heterocycles. The normalized spacial score (nSPS) is 42.3. The highest BCUT2D eigenvalue weighted by Crippen LogP contribution is 2.20. The Hall–Kier alpha value is -1.26. The minimum Gasteiger partial charge on any atom is -0.388 e. The molecule has 0 spiro atoms. The number of hydrogen-bond acceptors (Lipinski definition) is 7. The standard InChI is InChI=1S/C9H15N3O6/c1-3-7(16)10-9(17)11-12(3)8-6(15)5(14)4(13)2-18-8/h3-6,8,13-15H,2H2,1H3,(H2,10,11,16,17)/t3-,4+,5+,6+,8+/m0/s1. The highest BCUT2D eigenvalue weighted by atomic mass is 16.5. The van der Waals surface area contributed by atoms with Crippen LogP contribution in [0.2, 0.25) is 0 Å². The molecule has 2 aliphatic heterocycles. The Morgan fingerprint density at radius 2 is 1.94 bits per heavy atom. The Morgan fingerprint density at radius 3 is 2.61 bits per heavy atom. The Kier molecular flexibility index (Phi) is 3.50. The summed E-state index contributed by atoms with van der Waals surface area (Å²) in [5.74, 6) is -0.546. The van der Waals surface area contributed by atoms with Gasteiger partial charge in [-0.05, 0) is 6.92 Å². The molecule has 9 nitrogen and oxygen atoms in total. The number of aliphatic hydroxyl groups excluding tert-OH is 3. The molecular formula is C9H15N3O6. The van der Waals surface area contributed by atoms with E-state index in [1.165, 1.54) is 6.92 Å². The molecule has 3 amide bonds. The molecule has 0 bridgehead atoms. The van der Waals surface area contributed by atoms with Crippen molar-refractivity contribution in [3.8, 4) is 0 Å². The zero-order chi connectivity index (χ0) is 13.4. The first-order valence-corrected chi connectivity index (χ1v) is 5.47. The van der Waals surface area contributed by atoms with Crippen molar-refractivity contribution in [3.63, 3.8) is 0 Å². The van der Waals surface area contributed by atoms with Crippen molar-refractivity contribution >= 4 is 11.9 Å². The molecule has 18 heavy (non-hydrogen) atoms. The van der Waals surface area contributed by atoms with E-state index in [0.29, 0.717) is 0 Å². The molecule has 9 heteroatoms. The maximum atomic E-state index is 11.4. The van der Waals surface area contributed by atoms with Crippen LogP contribution >= 0.6 is 0 Å². The monoisotopic (exact) mass is 261 g/mol. The summed E-state index contributed by atoms with van der Waals surface area (Å²) in [4.78, 5) is 22.6. The summed E-state index contributed by atoms with van der Waals surface area (Å²) >= 11 is 0. The van der Waals surface area contributed by atoms with Gasteiger partial charge in [-0.25, -0.2) is 4.79 Å². The predicted octanol–water partition coefficient (Wildman–Crippen LogP) is -3.13. The second-order valence-corrected chi connectivity index (χ2v) is 4.29. The summed E-state index contributed by atoms with van der Waals surface area (Å²) in [5.41, 5.74) is 2.32. The number of rotatable bonds is 1. The third kappa shape index (κ3) is 2.18. The van der Waals surface area contributed by atoms with Crippen LogP contribution in [-0.4, -0.2) is 69.5 Å². The van der Waals surface area contributed by atoms with Crippen LogP contribution in [0, 0.1) is 0 Å². The third-order valence-corrected chi connectivity index (χ3v) is 3.01. The van der Waals surface area contributed by atoms with Crippen LogP contribution in [0.3, 0.4) is 0 Å². The molecule has 2 rings (SSSR count). The number of carbonyl (C=O) groups is 2. The second-order valence-electron chi connectivity index (χ2n) is 4.29. The van der Waals surface area contributed by atoms with E-state index >= 15 is 0 Å². The predicted molar refractivity (Wildman–Crippen MR) is 55.7 cm³/mol. The topological polar surface area (TPSA) is 131 Å². The van der Waals surface area contributed by atoms with E-state index in [-0.39, 0.29) is 6.61 Å². The summed E-state index contributed by atoms with van der Waals surface area (Å²) in [5, 5.41) is 31.8. The number of amides is 3. The first kappa shape index (κ1) is 13.2. The van der Waals surface area contributed by atoms with E-state index in [0.717, 1.165) is 5.01 Å². The molecule has 0 unspecified atom stereocenters. The lowest BCUT2D eigenvalue weighted by atomic mass is 10.0. The zero-order valence-electron chi connectivity index (χ0n) is 9.61. The highest BCUT2D eigenvalue weighted by Gasteiger charge is 2.45. The summed E-state index contributed by atoms with van der Waals surface area (Å²) in [7, 11) is 0. The lowest BCUT2D eigenvalue weighted by Crippen LogP contribution is -2.71. The fraction of sp³-hybridized carbons (Fsp3) is 0.778. The van der Waals surface area contributed by atoms with Crippen molar-refractivity contribution < 1.29 is 29.6 Å². The van der Waals surface area contributed by atoms with Crippen LogP contribution in [-0.2, 0) is 9.53 Å². The van der Waals surface area contributed by atoms with Crippen LogP contribution in [0.1, 0.15) is 6.92 Å². The molecule has 0 aliphatic carbocycles. The minimum atomic E-state index is -1.44. The quantitative estimate of drug-likeness (QED) is 0.337. The Labute approximate surface area is 102 Å². The largest absolute Gasteiger partial charge is 0.388 e. The number of ether oxygens (including phenoxy) is 1. The molecule has 5 atom stereocenters. The van der Waals surface area contributed by atoms with Crippen molar-refractivity contribution in [2.45, 2.75) is 37.5 Å². The second kappa shape index (κ2) is 4.78. The molecule has 2 aliphatic rings. The summed E-state index contributed by atoms with van der Waals surface area (Å²) in [6.45, 7) is 1.30. The number of hydrogen-bond donors (Lipinski definition) is 5. The van der Waals surface area contributed by atoms with Crippen molar-refractivity contribution in [1.29, 1.82) is 0 Å². The van der Waals surface area contributed by atoms with Crippen LogP contribution in [0.4, 0.5) is 4.79 Å². The van der Waals surface area contributed by atoms with Gasteiger partial charge in [0.1, 0.15) is 24.4 Å². The molecule has 5 N–H and O–H groups in total. The number of aliphatic hydroxyl groups is 3.